The SMILES string of the molecule is N#C[C@@]12CCCC[C@H]1CC[C@@H]1c3[nH]c4ccccc4c3CCN12. The average Bonchev–Trinajstić information content (AvgIpc) is 3.00. The van der Waals surface area contributed by atoms with Gasteiger partial charge >= 0.3 is 0 Å². The van der Waals surface area contributed by atoms with E-state index in [2.05, 4.69) is 40.2 Å². The molecule has 3 aliphatic rings. The van der Waals surface area contributed by atoms with Gasteiger partial charge in [-0.2, -0.15) is 5.26 Å². The third kappa shape index (κ3) is 1.73. The minimum atomic E-state index is -0.198. The van der Waals surface area contributed by atoms with Crippen LogP contribution in [0.25, 0.3) is 10.9 Å². The summed E-state index contributed by atoms with van der Waals surface area (Å²) in [4.78, 5) is 6.28. The molecule has 3 nitrogen and oxygen atoms in total. The zero-order valence-electron chi connectivity index (χ0n) is 13.5. The maximum atomic E-state index is 10.1. The second-order valence-corrected chi connectivity index (χ2v) is 7.58. The van der Waals surface area contributed by atoms with E-state index in [1.165, 1.54) is 54.3 Å². The Morgan fingerprint density at radius 1 is 1.17 bits per heavy atom. The van der Waals surface area contributed by atoms with Gasteiger partial charge in [0.15, 0.2) is 0 Å². The minimum absolute atomic E-state index is 0.198. The van der Waals surface area contributed by atoms with Crippen molar-refractivity contribution in [2.24, 2.45) is 5.92 Å². The monoisotopic (exact) mass is 305 g/mol. The summed E-state index contributed by atoms with van der Waals surface area (Å²) < 4.78 is 0. The molecule has 2 fully saturated rings. The van der Waals surface area contributed by atoms with Gasteiger partial charge in [0.25, 0.3) is 0 Å². The number of nitrogens with one attached hydrogen (secondary N) is 1. The summed E-state index contributed by atoms with van der Waals surface area (Å²) in [6, 6.07) is 11.9. The predicted octanol–water partition coefficient (Wildman–Crippen LogP) is 4.31. The summed E-state index contributed by atoms with van der Waals surface area (Å²) in [5.74, 6) is 0.587. The van der Waals surface area contributed by atoms with E-state index in [0.717, 1.165) is 19.4 Å². The lowest BCUT2D eigenvalue weighted by atomic mass is 9.65. The van der Waals surface area contributed by atoms with E-state index in [4.69, 9.17) is 0 Å². The van der Waals surface area contributed by atoms with Crippen molar-refractivity contribution in [1.82, 2.24) is 9.88 Å². The Morgan fingerprint density at radius 2 is 2.09 bits per heavy atom. The van der Waals surface area contributed by atoms with Crippen molar-refractivity contribution in [1.29, 1.82) is 5.26 Å². The van der Waals surface area contributed by atoms with Gasteiger partial charge in [-0.25, -0.2) is 0 Å². The van der Waals surface area contributed by atoms with E-state index in [-0.39, 0.29) is 5.54 Å². The first-order valence-electron chi connectivity index (χ1n) is 9.11. The normalized spacial score (nSPS) is 33.5. The Balaban J connectivity index is 1.63. The molecule has 0 amide bonds. The molecule has 0 spiro atoms. The first-order valence-corrected chi connectivity index (χ1v) is 9.11. The molecule has 0 unspecified atom stereocenters. The second kappa shape index (κ2) is 4.85. The molecule has 2 aliphatic heterocycles. The summed E-state index contributed by atoms with van der Waals surface area (Å²) in [6.45, 7) is 1.05. The lowest BCUT2D eigenvalue weighted by Gasteiger charge is -2.55. The zero-order chi connectivity index (χ0) is 15.4. The molecular formula is C20H23N3. The van der Waals surface area contributed by atoms with Crippen LogP contribution in [0.15, 0.2) is 24.3 Å². The predicted molar refractivity (Wildman–Crippen MR) is 91.0 cm³/mol. The van der Waals surface area contributed by atoms with Gasteiger partial charge in [0.1, 0.15) is 5.54 Å². The van der Waals surface area contributed by atoms with Crippen LogP contribution in [0.4, 0.5) is 0 Å². The highest BCUT2D eigenvalue weighted by atomic mass is 15.3. The van der Waals surface area contributed by atoms with Crippen LogP contribution in [0.3, 0.4) is 0 Å². The molecule has 3 heterocycles. The molecule has 3 heteroatoms. The molecular weight excluding hydrogens is 282 g/mol. The van der Waals surface area contributed by atoms with E-state index in [9.17, 15) is 5.26 Å². The Kier molecular flexibility index (Phi) is 2.87. The molecule has 23 heavy (non-hydrogen) atoms. The van der Waals surface area contributed by atoms with Crippen LogP contribution in [0.1, 0.15) is 55.8 Å². The van der Waals surface area contributed by atoms with E-state index < -0.39 is 0 Å². The first-order chi connectivity index (χ1) is 11.3. The van der Waals surface area contributed by atoms with Crippen molar-refractivity contribution in [2.75, 3.05) is 6.54 Å². The average molecular weight is 305 g/mol. The fourth-order valence-corrected chi connectivity index (χ4v) is 5.66. The van der Waals surface area contributed by atoms with Crippen LogP contribution in [-0.2, 0) is 6.42 Å². The number of H-pyrrole nitrogens is 1. The smallest absolute Gasteiger partial charge is 0.112 e. The minimum Gasteiger partial charge on any atom is -0.357 e. The number of nitrogens with zero attached hydrogens (tertiary/aromatic N) is 2. The van der Waals surface area contributed by atoms with Gasteiger partial charge in [-0.05, 0) is 49.7 Å². The molecule has 1 saturated heterocycles. The van der Waals surface area contributed by atoms with Gasteiger partial charge in [-0.1, -0.05) is 31.0 Å². The van der Waals surface area contributed by atoms with Gasteiger partial charge in [-0.3, -0.25) is 4.90 Å². The number of hydrogen-bond acceptors (Lipinski definition) is 2. The third-order valence-corrected chi connectivity index (χ3v) is 6.69. The highest BCUT2D eigenvalue weighted by molar-refractivity contribution is 5.85. The van der Waals surface area contributed by atoms with Gasteiger partial charge in [-0.15, -0.1) is 0 Å². The Labute approximate surface area is 137 Å². The summed E-state index contributed by atoms with van der Waals surface area (Å²) >= 11 is 0. The third-order valence-electron chi connectivity index (χ3n) is 6.69. The van der Waals surface area contributed by atoms with E-state index in [0.29, 0.717) is 12.0 Å². The van der Waals surface area contributed by atoms with Crippen molar-refractivity contribution < 1.29 is 0 Å². The van der Waals surface area contributed by atoms with Crippen LogP contribution < -0.4 is 0 Å². The molecule has 1 saturated carbocycles. The molecule has 1 aromatic carbocycles. The fraction of sp³-hybridized carbons (Fsp3) is 0.550. The number of fused-ring (bicyclic) bond motifs is 7. The van der Waals surface area contributed by atoms with E-state index in [1.54, 1.807) is 0 Å². The van der Waals surface area contributed by atoms with Crippen molar-refractivity contribution in [3.8, 4) is 6.07 Å². The zero-order valence-corrected chi connectivity index (χ0v) is 13.5. The molecule has 0 bridgehead atoms. The topological polar surface area (TPSA) is 42.8 Å². The lowest BCUT2D eigenvalue weighted by molar-refractivity contribution is -0.0397. The van der Waals surface area contributed by atoms with Gasteiger partial charge in [0, 0.05) is 23.1 Å². The highest BCUT2D eigenvalue weighted by Crippen LogP contribution is 2.52. The molecule has 118 valence electrons. The van der Waals surface area contributed by atoms with Crippen LogP contribution in [-0.4, -0.2) is 22.0 Å². The number of aromatic nitrogens is 1. The van der Waals surface area contributed by atoms with Crippen molar-refractivity contribution >= 4 is 10.9 Å². The number of nitriles is 1. The standard InChI is InChI=1S/C20H23N3/c21-13-20-11-4-3-5-14(20)8-9-18-19-16(10-12-23(18)20)15-6-1-2-7-17(15)22-19/h1-2,6-7,14,18,22H,3-5,8-12H2/t14-,18+,20-/m0/s1. The van der Waals surface area contributed by atoms with Crippen LogP contribution in [0.2, 0.25) is 0 Å². The van der Waals surface area contributed by atoms with Crippen LogP contribution in [0.5, 0.6) is 0 Å². The second-order valence-electron chi connectivity index (χ2n) is 7.58. The maximum Gasteiger partial charge on any atom is 0.112 e. The van der Waals surface area contributed by atoms with Crippen LogP contribution in [0, 0.1) is 17.2 Å². The molecule has 1 aliphatic carbocycles. The number of rotatable bonds is 0. The molecule has 1 aromatic heterocycles. The van der Waals surface area contributed by atoms with E-state index >= 15 is 0 Å². The lowest BCUT2D eigenvalue weighted by Crippen LogP contribution is -2.60. The number of hydrogen-bond donors (Lipinski definition) is 1. The Morgan fingerprint density at radius 3 is 3.00 bits per heavy atom. The molecule has 5 rings (SSSR count). The van der Waals surface area contributed by atoms with Gasteiger partial charge in [0.2, 0.25) is 0 Å². The van der Waals surface area contributed by atoms with Crippen molar-refractivity contribution in [3.63, 3.8) is 0 Å². The molecule has 0 radical (unpaired) electrons. The Bertz CT molecular complexity index is 799. The first kappa shape index (κ1) is 13.6. The van der Waals surface area contributed by atoms with Crippen molar-refractivity contribution in [2.45, 2.75) is 56.5 Å². The molecule has 2 aromatic rings. The Hall–Kier alpha value is -1.79. The molecule has 3 atom stereocenters. The van der Waals surface area contributed by atoms with Crippen molar-refractivity contribution in [3.05, 3.63) is 35.5 Å². The largest absolute Gasteiger partial charge is 0.357 e. The highest BCUT2D eigenvalue weighted by Gasteiger charge is 2.53. The van der Waals surface area contributed by atoms with Gasteiger partial charge < -0.3 is 4.98 Å². The summed E-state index contributed by atoms with van der Waals surface area (Å²) in [5, 5.41) is 11.5. The summed E-state index contributed by atoms with van der Waals surface area (Å²) in [6.07, 6.45) is 8.33. The summed E-state index contributed by atoms with van der Waals surface area (Å²) in [5.41, 5.74) is 3.97. The number of para-hydroxylation sites is 1. The van der Waals surface area contributed by atoms with Crippen LogP contribution >= 0.6 is 0 Å². The fourth-order valence-electron chi connectivity index (χ4n) is 5.66. The summed E-state index contributed by atoms with van der Waals surface area (Å²) in [7, 11) is 0. The number of piperidine rings is 1. The molecule has 1 N–H and O–H groups in total. The number of aromatic amines is 1. The maximum absolute atomic E-state index is 10.1. The quantitative estimate of drug-likeness (QED) is 0.788. The number of benzene rings is 1. The van der Waals surface area contributed by atoms with E-state index in [1.807, 2.05) is 0 Å². The van der Waals surface area contributed by atoms with Gasteiger partial charge in [0.05, 0.1) is 12.1 Å².